The molecule has 1 saturated heterocycles. The molecule has 0 atom stereocenters. The average molecular weight is 260 g/mol. The Labute approximate surface area is 115 Å². The fraction of sp³-hybridized carbons (Fsp3) is 0.600. The topological polar surface area (TPSA) is 40.5 Å². The first-order valence-corrected chi connectivity index (χ1v) is 7.15. The van der Waals surface area contributed by atoms with Gasteiger partial charge in [0.25, 0.3) is 0 Å². The third-order valence-corrected chi connectivity index (χ3v) is 3.69. The van der Waals surface area contributed by atoms with E-state index in [0.717, 1.165) is 43.6 Å². The number of hydrogen-bond donors (Lipinski definition) is 1. The molecular formula is C15H24N4. The molecule has 4 nitrogen and oxygen atoms in total. The lowest BCUT2D eigenvalue weighted by molar-refractivity contribution is 0.273. The fourth-order valence-corrected chi connectivity index (χ4v) is 2.40. The van der Waals surface area contributed by atoms with E-state index >= 15 is 0 Å². The number of aliphatic imine (C=N–C) groups is 1. The molecule has 2 heterocycles. The van der Waals surface area contributed by atoms with Gasteiger partial charge in [0.15, 0.2) is 5.96 Å². The molecule has 2 rings (SSSR count). The summed E-state index contributed by atoms with van der Waals surface area (Å²) in [6.45, 7) is 5.44. The van der Waals surface area contributed by atoms with Crippen molar-refractivity contribution in [2.24, 2.45) is 10.9 Å². The van der Waals surface area contributed by atoms with Gasteiger partial charge in [-0.05, 0) is 30.9 Å². The summed E-state index contributed by atoms with van der Waals surface area (Å²) >= 11 is 0. The van der Waals surface area contributed by atoms with E-state index in [1.165, 1.54) is 12.8 Å². The Hall–Kier alpha value is -1.58. The SMILES string of the molecule is CN=C(NCCc1ccccn1)N1CCC(C)CC1. The maximum absolute atomic E-state index is 4.38. The molecule has 1 aromatic heterocycles. The Balaban J connectivity index is 1.77. The highest BCUT2D eigenvalue weighted by molar-refractivity contribution is 5.79. The molecule has 0 aliphatic carbocycles. The summed E-state index contributed by atoms with van der Waals surface area (Å²) in [6, 6.07) is 6.04. The second kappa shape index (κ2) is 7.12. The number of nitrogens with zero attached hydrogens (tertiary/aromatic N) is 3. The van der Waals surface area contributed by atoms with Crippen molar-refractivity contribution in [1.29, 1.82) is 0 Å². The van der Waals surface area contributed by atoms with Crippen molar-refractivity contribution in [2.45, 2.75) is 26.2 Å². The van der Waals surface area contributed by atoms with Gasteiger partial charge >= 0.3 is 0 Å². The van der Waals surface area contributed by atoms with Crippen molar-refractivity contribution in [2.75, 3.05) is 26.7 Å². The molecule has 1 N–H and O–H groups in total. The molecule has 4 heteroatoms. The lowest BCUT2D eigenvalue weighted by Gasteiger charge is -2.32. The molecule has 1 fully saturated rings. The average Bonchev–Trinajstić information content (AvgIpc) is 2.46. The Bertz CT molecular complexity index is 394. The molecule has 1 aliphatic heterocycles. The van der Waals surface area contributed by atoms with E-state index in [-0.39, 0.29) is 0 Å². The standard InChI is InChI=1S/C15H24N4/c1-13-7-11-19(12-8-13)15(16-2)18-10-6-14-5-3-4-9-17-14/h3-5,9,13H,6-8,10-12H2,1-2H3,(H,16,18). The highest BCUT2D eigenvalue weighted by atomic mass is 15.3. The molecule has 1 aliphatic rings. The van der Waals surface area contributed by atoms with Crippen LogP contribution in [0.2, 0.25) is 0 Å². The van der Waals surface area contributed by atoms with Gasteiger partial charge in [0.2, 0.25) is 0 Å². The number of guanidine groups is 1. The number of likely N-dealkylation sites (tertiary alicyclic amines) is 1. The number of piperidine rings is 1. The number of aromatic nitrogens is 1. The molecule has 0 saturated carbocycles. The summed E-state index contributed by atoms with van der Waals surface area (Å²) in [5.41, 5.74) is 1.12. The van der Waals surface area contributed by atoms with Crippen LogP contribution in [0.15, 0.2) is 29.4 Å². The van der Waals surface area contributed by atoms with E-state index < -0.39 is 0 Å². The van der Waals surface area contributed by atoms with E-state index in [4.69, 9.17) is 0 Å². The number of nitrogens with one attached hydrogen (secondary N) is 1. The van der Waals surface area contributed by atoms with Gasteiger partial charge in [-0.25, -0.2) is 0 Å². The smallest absolute Gasteiger partial charge is 0.193 e. The minimum atomic E-state index is 0.850. The third-order valence-electron chi connectivity index (χ3n) is 3.69. The van der Waals surface area contributed by atoms with Crippen molar-refractivity contribution in [3.8, 4) is 0 Å². The van der Waals surface area contributed by atoms with E-state index in [9.17, 15) is 0 Å². The van der Waals surface area contributed by atoms with E-state index in [1.54, 1.807) is 0 Å². The van der Waals surface area contributed by atoms with E-state index in [2.05, 4.69) is 33.2 Å². The van der Waals surface area contributed by atoms with Crippen molar-refractivity contribution in [1.82, 2.24) is 15.2 Å². The Morgan fingerprint density at radius 1 is 1.42 bits per heavy atom. The predicted molar refractivity (Wildman–Crippen MR) is 79.3 cm³/mol. The summed E-state index contributed by atoms with van der Waals surface area (Å²) in [6.07, 6.45) is 5.31. The van der Waals surface area contributed by atoms with Crippen LogP contribution in [0.1, 0.15) is 25.5 Å². The van der Waals surface area contributed by atoms with Gasteiger partial charge in [-0.2, -0.15) is 0 Å². The van der Waals surface area contributed by atoms with Crippen LogP contribution < -0.4 is 5.32 Å². The molecular weight excluding hydrogens is 236 g/mol. The number of pyridine rings is 1. The Morgan fingerprint density at radius 3 is 2.84 bits per heavy atom. The van der Waals surface area contributed by atoms with Crippen LogP contribution in [-0.2, 0) is 6.42 Å². The van der Waals surface area contributed by atoms with Gasteiger partial charge in [0, 0.05) is 45.0 Å². The summed E-state index contributed by atoms with van der Waals surface area (Å²) < 4.78 is 0. The van der Waals surface area contributed by atoms with Crippen LogP contribution in [-0.4, -0.2) is 42.5 Å². The van der Waals surface area contributed by atoms with Gasteiger partial charge in [-0.1, -0.05) is 13.0 Å². The molecule has 1 aromatic rings. The summed E-state index contributed by atoms with van der Waals surface area (Å²) in [5, 5.41) is 3.44. The molecule has 19 heavy (non-hydrogen) atoms. The van der Waals surface area contributed by atoms with Gasteiger partial charge in [-0.15, -0.1) is 0 Å². The molecule has 0 amide bonds. The highest BCUT2D eigenvalue weighted by Gasteiger charge is 2.18. The second-order valence-electron chi connectivity index (χ2n) is 5.21. The first-order valence-electron chi connectivity index (χ1n) is 7.15. The van der Waals surface area contributed by atoms with Crippen LogP contribution in [0.25, 0.3) is 0 Å². The van der Waals surface area contributed by atoms with Crippen LogP contribution in [0.4, 0.5) is 0 Å². The Morgan fingerprint density at radius 2 is 2.21 bits per heavy atom. The normalized spacial score (nSPS) is 17.6. The predicted octanol–water partition coefficient (Wildman–Crippen LogP) is 1.93. The van der Waals surface area contributed by atoms with Crippen molar-refractivity contribution in [3.63, 3.8) is 0 Å². The van der Waals surface area contributed by atoms with Crippen molar-refractivity contribution >= 4 is 5.96 Å². The third kappa shape index (κ3) is 4.23. The molecule has 0 spiro atoms. The van der Waals surface area contributed by atoms with Crippen molar-refractivity contribution in [3.05, 3.63) is 30.1 Å². The number of rotatable bonds is 3. The Kier molecular flexibility index (Phi) is 5.19. The van der Waals surface area contributed by atoms with Gasteiger partial charge < -0.3 is 10.2 Å². The highest BCUT2D eigenvalue weighted by Crippen LogP contribution is 2.15. The minimum absolute atomic E-state index is 0.850. The maximum Gasteiger partial charge on any atom is 0.193 e. The quantitative estimate of drug-likeness (QED) is 0.667. The summed E-state index contributed by atoms with van der Waals surface area (Å²) in [7, 11) is 1.86. The molecule has 0 radical (unpaired) electrons. The van der Waals surface area contributed by atoms with Crippen LogP contribution in [0.3, 0.4) is 0 Å². The zero-order chi connectivity index (χ0) is 13.5. The maximum atomic E-state index is 4.38. The molecule has 0 unspecified atom stereocenters. The lowest BCUT2D eigenvalue weighted by Crippen LogP contribution is -2.45. The zero-order valence-electron chi connectivity index (χ0n) is 12.0. The molecule has 104 valence electrons. The van der Waals surface area contributed by atoms with Gasteiger partial charge in [-0.3, -0.25) is 9.98 Å². The zero-order valence-corrected chi connectivity index (χ0v) is 12.0. The van der Waals surface area contributed by atoms with Crippen LogP contribution in [0, 0.1) is 5.92 Å². The van der Waals surface area contributed by atoms with E-state index in [0.29, 0.717) is 0 Å². The van der Waals surface area contributed by atoms with Crippen molar-refractivity contribution < 1.29 is 0 Å². The van der Waals surface area contributed by atoms with Crippen LogP contribution >= 0.6 is 0 Å². The molecule has 0 bridgehead atoms. The monoisotopic (exact) mass is 260 g/mol. The lowest BCUT2D eigenvalue weighted by atomic mass is 10.00. The first kappa shape index (κ1) is 13.8. The van der Waals surface area contributed by atoms with Gasteiger partial charge in [0.05, 0.1) is 0 Å². The minimum Gasteiger partial charge on any atom is -0.356 e. The fourth-order valence-electron chi connectivity index (χ4n) is 2.40. The first-order chi connectivity index (χ1) is 9.29. The molecule has 0 aromatic carbocycles. The van der Waals surface area contributed by atoms with E-state index in [1.807, 2.05) is 25.4 Å². The summed E-state index contributed by atoms with van der Waals surface area (Å²) in [4.78, 5) is 11.1. The second-order valence-corrected chi connectivity index (χ2v) is 5.21. The number of hydrogen-bond acceptors (Lipinski definition) is 2. The largest absolute Gasteiger partial charge is 0.356 e. The van der Waals surface area contributed by atoms with Crippen LogP contribution in [0.5, 0.6) is 0 Å². The van der Waals surface area contributed by atoms with Gasteiger partial charge in [0.1, 0.15) is 0 Å². The summed E-state index contributed by atoms with van der Waals surface area (Å²) in [5.74, 6) is 1.88.